The van der Waals surface area contributed by atoms with Gasteiger partial charge >= 0.3 is 0 Å². The maximum Gasteiger partial charge on any atom is 0.229 e. The molecule has 2 saturated carbocycles. The van der Waals surface area contributed by atoms with E-state index in [2.05, 4.69) is 37.4 Å². The molecule has 0 amide bonds. The summed E-state index contributed by atoms with van der Waals surface area (Å²) in [6, 6.07) is 17.4. The van der Waals surface area contributed by atoms with Crippen molar-refractivity contribution in [3.8, 4) is 23.1 Å². The highest BCUT2D eigenvalue weighted by molar-refractivity contribution is 5.96. The number of aliphatic hydroxyl groups is 1. The fourth-order valence-corrected chi connectivity index (χ4v) is 6.02. The van der Waals surface area contributed by atoms with Gasteiger partial charge in [0.2, 0.25) is 5.95 Å². The third kappa shape index (κ3) is 7.86. The number of nitrogens with one attached hydrogen (secondary N) is 2. The minimum Gasteiger partial charge on any atom is -0.393 e. The Hall–Kier alpha value is -4.61. The maximum atomic E-state index is 12.8. The molecule has 0 aliphatic heterocycles. The second-order valence-electron chi connectivity index (χ2n) is 11.8. The zero-order valence-corrected chi connectivity index (χ0v) is 24.9. The topological polar surface area (TPSA) is 113 Å². The van der Waals surface area contributed by atoms with Gasteiger partial charge in [-0.1, -0.05) is 44.1 Å². The summed E-state index contributed by atoms with van der Waals surface area (Å²) in [7, 11) is 0. The first-order chi connectivity index (χ1) is 21.6. The average Bonchev–Trinajstić information content (AvgIpc) is 3.07. The molecule has 3 N–H and O–H groups in total. The number of Topliss-reactive ketones (excluding diaryl/α,β-unsaturated/α-hetero) is 1. The highest BCUT2D eigenvalue weighted by atomic mass is 16.3. The molecule has 3 heterocycles. The monoisotopic (exact) mass is 586 g/mol. The van der Waals surface area contributed by atoms with E-state index in [1.54, 1.807) is 30.7 Å². The number of ketones is 1. The van der Waals surface area contributed by atoms with Crippen molar-refractivity contribution in [1.29, 1.82) is 0 Å². The lowest BCUT2D eigenvalue weighted by molar-refractivity contribution is 0.0950. The van der Waals surface area contributed by atoms with E-state index in [-0.39, 0.29) is 17.9 Å². The van der Waals surface area contributed by atoms with Gasteiger partial charge in [0.05, 0.1) is 17.4 Å². The first-order valence-electron chi connectivity index (χ1n) is 15.7. The Morgan fingerprint density at radius 2 is 1.68 bits per heavy atom. The van der Waals surface area contributed by atoms with Crippen molar-refractivity contribution in [1.82, 2.24) is 19.9 Å². The third-order valence-electron chi connectivity index (χ3n) is 8.52. The third-order valence-corrected chi connectivity index (χ3v) is 8.52. The molecule has 8 heteroatoms. The summed E-state index contributed by atoms with van der Waals surface area (Å²) in [6.07, 6.45) is 15.0. The first-order valence-corrected chi connectivity index (χ1v) is 15.7. The van der Waals surface area contributed by atoms with Crippen molar-refractivity contribution < 1.29 is 9.90 Å². The normalized spacial score (nSPS) is 18.6. The number of hydrogen-bond donors (Lipinski definition) is 3. The molecule has 1 aromatic carbocycles. The Bertz CT molecular complexity index is 1620. The number of hydrogen-bond acceptors (Lipinski definition) is 8. The number of aliphatic hydroxyl groups excluding tert-OH is 1. The number of carbonyl (C=O) groups excluding carboxylic acids is 1. The number of carbonyl (C=O) groups is 1. The van der Waals surface area contributed by atoms with Crippen molar-refractivity contribution in [2.45, 2.75) is 76.4 Å². The lowest BCUT2D eigenvalue weighted by Gasteiger charge is -2.27. The molecule has 224 valence electrons. The minimum atomic E-state index is -0.222. The molecular weight excluding hydrogens is 548 g/mol. The predicted octanol–water partition coefficient (Wildman–Crippen LogP) is 6.95. The van der Waals surface area contributed by atoms with Crippen molar-refractivity contribution in [3.05, 3.63) is 90.0 Å². The van der Waals surface area contributed by atoms with Gasteiger partial charge < -0.3 is 15.7 Å². The van der Waals surface area contributed by atoms with Gasteiger partial charge in [-0.25, -0.2) is 9.97 Å². The average molecular weight is 587 g/mol. The first kappa shape index (κ1) is 29.5. The van der Waals surface area contributed by atoms with Gasteiger partial charge in [-0.3, -0.25) is 9.78 Å². The molecule has 8 nitrogen and oxygen atoms in total. The number of anilines is 3. The van der Waals surface area contributed by atoms with Gasteiger partial charge in [0.25, 0.3) is 0 Å². The van der Waals surface area contributed by atoms with Crippen molar-refractivity contribution in [3.63, 3.8) is 0 Å². The van der Waals surface area contributed by atoms with Crippen LogP contribution in [0.2, 0.25) is 0 Å². The number of aromatic nitrogens is 4. The largest absolute Gasteiger partial charge is 0.393 e. The van der Waals surface area contributed by atoms with Crippen molar-refractivity contribution in [2.24, 2.45) is 5.92 Å². The van der Waals surface area contributed by atoms with Gasteiger partial charge in [0.1, 0.15) is 11.5 Å². The molecule has 2 aliphatic rings. The van der Waals surface area contributed by atoms with Gasteiger partial charge in [0, 0.05) is 47.9 Å². The lowest BCUT2D eigenvalue weighted by atomic mass is 9.85. The summed E-state index contributed by atoms with van der Waals surface area (Å²) in [6.45, 7) is 0. The fraction of sp³-hybridized carbons (Fsp3) is 0.361. The van der Waals surface area contributed by atoms with Crippen LogP contribution in [-0.4, -0.2) is 43.0 Å². The predicted molar refractivity (Wildman–Crippen MR) is 173 cm³/mol. The Morgan fingerprint density at radius 3 is 2.45 bits per heavy atom. The van der Waals surface area contributed by atoms with Crippen LogP contribution in [0.25, 0.3) is 11.3 Å². The van der Waals surface area contributed by atoms with E-state index in [9.17, 15) is 9.90 Å². The Morgan fingerprint density at radius 1 is 0.864 bits per heavy atom. The van der Waals surface area contributed by atoms with Crippen LogP contribution in [0.4, 0.5) is 17.5 Å². The highest BCUT2D eigenvalue weighted by Gasteiger charge is 2.22. The number of rotatable bonds is 8. The van der Waals surface area contributed by atoms with Crippen LogP contribution < -0.4 is 10.6 Å². The molecule has 0 atom stereocenters. The van der Waals surface area contributed by atoms with E-state index in [4.69, 9.17) is 4.98 Å². The zero-order valence-electron chi connectivity index (χ0n) is 24.9. The van der Waals surface area contributed by atoms with Gasteiger partial charge in [0.15, 0.2) is 5.78 Å². The van der Waals surface area contributed by atoms with Crippen LogP contribution in [0, 0.1) is 17.8 Å². The summed E-state index contributed by atoms with van der Waals surface area (Å²) in [5, 5.41) is 16.8. The molecule has 0 spiro atoms. The standard InChI is InChI=1S/C36H38N6O2/c43-31-17-15-28(16-18-31)40-35-32(33-8-4-5-20-38-33)24-39-36(42-35)41-29-12-9-25(10-13-29)11-14-30-23-27(19-21-37-30)34(44)22-26-6-2-1-3-7-26/h4-5,8-10,12-13,19-21,23-24,26,28,31,43H,1-3,6-7,15-18,22H2,(H2,39,40,41,42). The molecule has 2 aliphatic carbocycles. The fourth-order valence-electron chi connectivity index (χ4n) is 6.02. The van der Waals surface area contributed by atoms with Crippen LogP contribution in [0.5, 0.6) is 0 Å². The quantitative estimate of drug-likeness (QED) is 0.150. The molecule has 0 radical (unpaired) electrons. The molecule has 0 saturated heterocycles. The van der Waals surface area contributed by atoms with Crippen LogP contribution in [0.15, 0.2) is 73.2 Å². The number of pyridine rings is 2. The second kappa shape index (κ2) is 14.2. The molecule has 0 unspecified atom stereocenters. The van der Waals surface area contributed by atoms with Crippen molar-refractivity contribution in [2.75, 3.05) is 10.6 Å². The second-order valence-corrected chi connectivity index (χ2v) is 11.8. The Kier molecular flexibility index (Phi) is 9.54. The summed E-state index contributed by atoms with van der Waals surface area (Å²) in [5.41, 5.74) is 4.59. The van der Waals surface area contributed by atoms with E-state index < -0.39 is 0 Å². The Balaban J connectivity index is 1.12. The Labute approximate surface area is 258 Å². The molecular formula is C36H38N6O2. The maximum absolute atomic E-state index is 12.8. The van der Waals surface area contributed by atoms with E-state index in [1.165, 1.54) is 19.3 Å². The number of benzene rings is 1. The summed E-state index contributed by atoms with van der Waals surface area (Å²) < 4.78 is 0. The smallest absolute Gasteiger partial charge is 0.229 e. The molecule has 3 aromatic heterocycles. The van der Waals surface area contributed by atoms with Gasteiger partial charge in [-0.2, -0.15) is 4.98 Å². The summed E-state index contributed by atoms with van der Waals surface area (Å²) >= 11 is 0. The van der Waals surface area contributed by atoms with Crippen LogP contribution in [0.1, 0.15) is 85.8 Å². The molecule has 44 heavy (non-hydrogen) atoms. The number of nitrogens with zero attached hydrogens (tertiary/aromatic N) is 4. The van der Waals surface area contributed by atoms with Crippen molar-refractivity contribution >= 4 is 23.2 Å². The van der Waals surface area contributed by atoms with E-state index in [0.717, 1.165) is 66.9 Å². The van der Waals surface area contributed by atoms with Gasteiger partial charge in [-0.15, -0.1) is 0 Å². The van der Waals surface area contributed by atoms with Crippen LogP contribution in [-0.2, 0) is 0 Å². The highest BCUT2D eigenvalue weighted by Crippen LogP contribution is 2.30. The zero-order chi connectivity index (χ0) is 30.1. The molecule has 4 aromatic rings. The van der Waals surface area contributed by atoms with E-state index >= 15 is 0 Å². The molecule has 2 fully saturated rings. The van der Waals surface area contributed by atoms with E-state index in [0.29, 0.717) is 29.5 Å². The SMILES string of the molecule is O=C(CC1CCCCC1)c1ccnc(C#Cc2ccc(Nc3ncc(-c4ccccn4)c(NC4CCC(O)CC4)n3)cc2)c1. The van der Waals surface area contributed by atoms with Crippen LogP contribution >= 0.6 is 0 Å². The molecule has 6 rings (SSSR count). The lowest BCUT2D eigenvalue weighted by Crippen LogP contribution is -2.29. The minimum absolute atomic E-state index is 0.184. The van der Waals surface area contributed by atoms with E-state index in [1.807, 2.05) is 42.5 Å². The summed E-state index contributed by atoms with van der Waals surface area (Å²) in [4.78, 5) is 31.1. The molecule has 0 bridgehead atoms. The summed E-state index contributed by atoms with van der Waals surface area (Å²) in [5.74, 6) is 8.16. The van der Waals surface area contributed by atoms with Gasteiger partial charge in [-0.05, 0) is 86.1 Å². The van der Waals surface area contributed by atoms with Crippen LogP contribution in [0.3, 0.4) is 0 Å².